The normalized spacial score (nSPS) is 9.73. The van der Waals surface area contributed by atoms with Crippen LogP contribution in [0.5, 0.6) is 0 Å². The third-order valence-corrected chi connectivity index (χ3v) is 2.38. The van der Waals surface area contributed by atoms with E-state index >= 15 is 0 Å². The van der Waals surface area contributed by atoms with E-state index in [4.69, 9.17) is 0 Å². The summed E-state index contributed by atoms with van der Waals surface area (Å²) < 4.78 is 0. The lowest BCUT2D eigenvalue weighted by Crippen LogP contribution is -2.19. The van der Waals surface area contributed by atoms with Gasteiger partial charge in [0.05, 0.1) is 11.4 Å². The second-order valence-corrected chi connectivity index (χ2v) is 3.55. The fourth-order valence-electron chi connectivity index (χ4n) is 1.51. The zero-order valence-corrected chi connectivity index (χ0v) is 9.36. The molecular formula is C12H18N2O. The van der Waals surface area contributed by atoms with Crippen LogP contribution in [0.4, 0.5) is 11.4 Å². The van der Waals surface area contributed by atoms with Crippen LogP contribution in [0, 0.1) is 0 Å². The summed E-state index contributed by atoms with van der Waals surface area (Å²) in [5.74, 6) is 0. The van der Waals surface area contributed by atoms with Gasteiger partial charge in [0.15, 0.2) is 0 Å². The Morgan fingerprint density at radius 2 is 2.13 bits per heavy atom. The maximum atomic E-state index is 10.4. The fraction of sp³-hybridized carbons (Fsp3) is 0.417. The minimum absolute atomic E-state index is 0.715. The number of amides is 1. The summed E-state index contributed by atoms with van der Waals surface area (Å²) in [4.78, 5) is 12.6. The molecule has 0 saturated heterocycles. The van der Waals surface area contributed by atoms with Crippen LogP contribution in [-0.4, -0.2) is 20.0 Å². The second kappa shape index (κ2) is 6.06. The predicted molar refractivity (Wildman–Crippen MR) is 64.3 cm³/mol. The molecule has 0 aliphatic carbocycles. The third-order valence-electron chi connectivity index (χ3n) is 2.38. The molecule has 1 aromatic carbocycles. The highest BCUT2D eigenvalue weighted by Crippen LogP contribution is 2.23. The lowest BCUT2D eigenvalue weighted by molar-refractivity contribution is -0.105. The average molecular weight is 206 g/mol. The van der Waals surface area contributed by atoms with Crippen LogP contribution in [0.25, 0.3) is 0 Å². The molecule has 0 aliphatic heterocycles. The zero-order chi connectivity index (χ0) is 11.1. The lowest BCUT2D eigenvalue weighted by atomic mass is 10.2. The van der Waals surface area contributed by atoms with Gasteiger partial charge in [-0.25, -0.2) is 0 Å². The number of nitrogens with one attached hydrogen (secondary N) is 1. The van der Waals surface area contributed by atoms with Gasteiger partial charge in [-0.1, -0.05) is 25.5 Å². The van der Waals surface area contributed by atoms with Gasteiger partial charge >= 0.3 is 0 Å². The SMILES string of the molecule is CCCCN(C)c1ccccc1NC=O. The lowest BCUT2D eigenvalue weighted by Gasteiger charge is -2.21. The van der Waals surface area contributed by atoms with Crippen molar-refractivity contribution in [3.63, 3.8) is 0 Å². The molecule has 0 aliphatic rings. The molecule has 0 spiro atoms. The van der Waals surface area contributed by atoms with Crippen molar-refractivity contribution in [1.29, 1.82) is 0 Å². The van der Waals surface area contributed by atoms with Crippen LogP contribution in [0.1, 0.15) is 19.8 Å². The molecule has 0 aromatic heterocycles. The first-order valence-corrected chi connectivity index (χ1v) is 5.30. The number of hydrogen-bond donors (Lipinski definition) is 1. The quantitative estimate of drug-likeness (QED) is 0.725. The van der Waals surface area contributed by atoms with Gasteiger partial charge in [0.1, 0.15) is 0 Å². The molecule has 15 heavy (non-hydrogen) atoms. The van der Waals surface area contributed by atoms with E-state index in [-0.39, 0.29) is 0 Å². The minimum atomic E-state index is 0.715. The van der Waals surface area contributed by atoms with Crippen molar-refractivity contribution in [3.05, 3.63) is 24.3 Å². The molecule has 1 rings (SSSR count). The monoisotopic (exact) mass is 206 g/mol. The molecule has 0 atom stereocenters. The number of benzene rings is 1. The van der Waals surface area contributed by atoms with Crippen LogP contribution >= 0.6 is 0 Å². The molecule has 3 heteroatoms. The van der Waals surface area contributed by atoms with E-state index < -0.39 is 0 Å². The Kier molecular flexibility index (Phi) is 4.68. The topological polar surface area (TPSA) is 32.3 Å². The molecule has 0 fully saturated rings. The van der Waals surface area contributed by atoms with Gasteiger partial charge in [0.25, 0.3) is 0 Å². The van der Waals surface area contributed by atoms with Gasteiger partial charge in [-0.15, -0.1) is 0 Å². The Bertz CT molecular complexity index is 312. The van der Waals surface area contributed by atoms with E-state index in [1.54, 1.807) is 0 Å². The van der Waals surface area contributed by atoms with E-state index in [9.17, 15) is 4.79 Å². The molecule has 0 saturated carbocycles. The highest BCUT2D eigenvalue weighted by molar-refractivity contribution is 5.81. The first-order valence-electron chi connectivity index (χ1n) is 5.30. The van der Waals surface area contributed by atoms with Crippen molar-refractivity contribution >= 4 is 17.8 Å². The maximum absolute atomic E-state index is 10.4. The molecule has 1 amide bonds. The number of hydrogen-bond acceptors (Lipinski definition) is 2. The van der Waals surface area contributed by atoms with Gasteiger partial charge in [-0.2, -0.15) is 0 Å². The summed E-state index contributed by atoms with van der Waals surface area (Å²) in [5.41, 5.74) is 1.93. The summed E-state index contributed by atoms with van der Waals surface area (Å²) in [6.45, 7) is 3.18. The van der Waals surface area contributed by atoms with Crippen LogP contribution < -0.4 is 10.2 Å². The number of carbonyl (C=O) groups is 1. The van der Waals surface area contributed by atoms with Crippen LogP contribution in [0.3, 0.4) is 0 Å². The Balaban J connectivity index is 2.76. The van der Waals surface area contributed by atoms with E-state index in [1.165, 1.54) is 6.42 Å². The standard InChI is InChI=1S/C12H18N2O/c1-3-4-9-14(2)12-8-6-5-7-11(12)13-10-15/h5-8,10H,3-4,9H2,1-2H3,(H,13,15). The van der Waals surface area contributed by atoms with E-state index in [0.29, 0.717) is 6.41 Å². The highest BCUT2D eigenvalue weighted by Gasteiger charge is 2.04. The molecular weight excluding hydrogens is 188 g/mol. The Labute approximate surface area is 91.1 Å². The van der Waals surface area contributed by atoms with E-state index in [1.807, 2.05) is 31.3 Å². The second-order valence-electron chi connectivity index (χ2n) is 3.55. The number of rotatable bonds is 6. The first-order chi connectivity index (χ1) is 7.29. The summed E-state index contributed by atoms with van der Waals surface area (Å²) in [6.07, 6.45) is 3.05. The van der Waals surface area contributed by atoms with Crippen molar-refractivity contribution in [2.45, 2.75) is 19.8 Å². The Morgan fingerprint density at radius 1 is 1.40 bits per heavy atom. The molecule has 1 aromatic rings. The van der Waals surface area contributed by atoms with Crippen molar-refractivity contribution < 1.29 is 4.79 Å². The van der Waals surface area contributed by atoms with Crippen LogP contribution in [0.15, 0.2) is 24.3 Å². The Morgan fingerprint density at radius 3 is 2.80 bits per heavy atom. The predicted octanol–water partition coefficient (Wildman–Crippen LogP) is 2.49. The van der Waals surface area contributed by atoms with Gasteiger partial charge in [-0.05, 0) is 18.6 Å². The van der Waals surface area contributed by atoms with Crippen molar-refractivity contribution in [3.8, 4) is 0 Å². The molecule has 82 valence electrons. The van der Waals surface area contributed by atoms with Gasteiger partial charge in [0, 0.05) is 13.6 Å². The molecule has 0 unspecified atom stereocenters. The van der Waals surface area contributed by atoms with Gasteiger partial charge in [-0.3, -0.25) is 4.79 Å². The average Bonchev–Trinajstić information content (AvgIpc) is 2.27. The number of unbranched alkanes of at least 4 members (excludes halogenated alkanes) is 1. The molecule has 0 heterocycles. The summed E-state index contributed by atoms with van der Waals surface area (Å²) in [6, 6.07) is 7.82. The molecule has 0 bridgehead atoms. The van der Waals surface area contributed by atoms with Crippen molar-refractivity contribution in [1.82, 2.24) is 0 Å². The summed E-state index contributed by atoms with van der Waals surface area (Å²) >= 11 is 0. The Hall–Kier alpha value is -1.51. The van der Waals surface area contributed by atoms with Crippen LogP contribution in [0.2, 0.25) is 0 Å². The smallest absolute Gasteiger partial charge is 0.211 e. The van der Waals surface area contributed by atoms with Gasteiger partial charge in [0.2, 0.25) is 6.41 Å². The zero-order valence-electron chi connectivity index (χ0n) is 9.36. The largest absolute Gasteiger partial charge is 0.373 e. The highest BCUT2D eigenvalue weighted by atomic mass is 16.1. The fourth-order valence-corrected chi connectivity index (χ4v) is 1.51. The van der Waals surface area contributed by atoms with Gasteiger partial charge < -0.3 is 10.2 Å². The first kappa shape index (κ1) is 11.6. The molecule has 0 radical (unpaired) electrons. The number of nitrogens with zero attached hydrogens (tertiary/aromatic N) is 1. The van der Waals surface area contributed by atoms with Crippen LogP contribution in [-0.2, 0) is 4.79 Å². The third kappa shape index (κ3) is 3.27. The van der Waals surface area contributed by atoms with Crippen molar-refractivity contribution in [2.75, 3.05) is 23.8 Å². The molecule has 1 N–H and O–H groups in total. The molecule has 3 nitrogen and oxygen atoms in total. The summed E-state index contributed by atoms with van der Waals surface area (Å²) in [7, 11) is 2.04. The number of carbonyl (C=O) groups excluding carboxylic acids is 1. The maximum Gasteiger partial charge on any atom is 0.211 e. The number of para-hydroxylation sites is 2. The van der Waals surface area contributed by atoms with E-state index in [0.717, 1.165) is 24.3 Å². The number of anilines is 2. The van der Waals surface area contributed by atoms with Crippen molar-refractivity contribution in [2.24, 2.45) is 0 Å². The van der Waals surface area contributed by atoms with E-state index in [2.05, 4.69) is 17.1 Å². The minimum Gasteiger partial charge on any atom is -0.373 e. The summed E-state index contributed by atoms with van der Waals surface area (Å²) in [5, 5.41) is 2.71.